The van der Waals surface area contributed by atoms with Gasteiger partial charge in [-0.15, -0.1) is 22.7 Å². The minimum absolute atomic E-state index is 0. The Labute approximate surface area is 281 Å². The molecule has 0 saturated heterocycles. The molecule has 0 bridgehead atoms. The number of nitrogens with zero attached hydrogens (tertiary/aromatic N) is 2. The van der Waals surface area contributed by atoms with Gasteiger partial charge < -0.3 is 10.2 Å². The van der Waals surface area contributed by atoms with Crippen LogP contribution >= 0.6 is 22.7 Å². The van der Waals surface area contributed by atoms with E-state index in [0.29, 0.717) is 0 Å². The van der Waals surface area contributed by atoms with Crippen LogP contribution in [0.2, 0.25) is 0 Å². The summed E-state index contributed by atoms with van der Waals surface area (Å²) in [5.41, 5.74) is 7.77. The standard InChI is InChI=1S/2C19H13NOS.Zn/c2*21-17-11-5-3-8-14(17)13-7-1-2-9-15(13)19-20-16-10-4-6-12-18(16)22-19;/h2*1-12,21H;/q;;+2. The van der Waals surface area contributed by atoms with Gasteiger partial charge in [-0.05, 0) is 47.5 Å². The van der Waals surface area contributed by atoms with E-state index in [0.717, 1.165) is 54.4 Å². The van der Waals surface area contributed by atoms with Gasteiger partial charge in [0.25, 0.3) is 0 Å². The van der Waals surface area contributed by atoms with Gasteiger partial charge in [0.1, 0.15) is 21.5 Å². The summed E-state index contributed by atoms with van der Waals surface area (Å²) in [6.07, 6.45) is 0. The molecular formula is C38H26N2O2S2Zn+2. The Balaban J connectivity index is 0.000000155. The van der Waals surface area contributed by atoms with E-state index >= 15 is 0 Å². The van der Waals surface area contributed by atoms with Crippen LogP contribution in [0.5, 0.6) is 11.5 Å². The Morgan fingerprint density at radius 3 is 1.04 bits per heavy atom. The van der Waals surface area contributed by atoms with Gasteiger partial charge in [0.15, 0.2) is 0 Å². The van der Waals surface area contributed by atoms with Crippen LogP contribution in [0.3, 0.4) is 0 Å². The molecule has 6 aromatic carbocycles. The minimum Gasteiger partial charge on any atom is -0.507 e. The van der Waals surface area contributed by atoms with Gasteiger partial charge >= 0.3 is 19.5 Å². The van der Waals surface area contributed by atoms with E-state index in [1.54, 1.807) is 34.8 Å². The number of rotatable bonds is 4. The van der Waals surface area contributed by atoms with Crippen LogP contribution < -0.4 is 0 Å². The second kappa shape index (κ2) is 13.5. The van der Waals surface area contributed by atoms with Crippen molar-refractivity contribution in [3.8, 4) is 54.9 Å². The number of fused-ring (bicyclic) bond motifs is 2. The average Bonchev–Trinajstić information content (AvgIpc) is 3.70. The average molecular weight is 672 g/mol. The molecule has 0 saturated carbocycles. The number of para-hydroxylation sites is 4. The molecular weight excluding hydrogens is 646 g/mol. The number of hydrogen-bond donors (Lipinski definition) is 2. The van der Waals surface area contributed by atoms with Crippen LogP contribution in [-0.2, 0) is 19.5 Å². The van der Waals surface area contributed by atoms with Gasteiger partial charge in [0.05, 0.1) is 20.4 Å². The van der Waals surface area contributed by atoms with Gasteiger partial charge in [-0.2, -0.15) is 0 Å². The molecule has 0 amide bonds. The van der Waals surface area contributed by atoms with Crippen LogP contribution in [0, 0.1) is 0 Å². The molecule has 0 atom stereocenters. The van der Waals surface area contributed by atoms with E-state index in [1.165, 1.54) is 9.40 Å². The number of benzene rings is 6. The van der Waals surface area contributed by atoms with Crippen molar-refractivity contribution in [1.29, 1.82) is 0 Å². The molecule has 8 rings (SSSR count). The second-order valence-electron chi connectivity index (χ2n) is 10.1. The quantitative estimate of drug-likeness (QED) is 0.183. The van der Waals surface area contributed by atoms with E-state index in [1.807, 2.05) is 109 Å². The molecule has 7 heteroatoms. The van der Waals surface area contributed by atoms with Crippen LogP contribution in [0.1, 0.15) is 0 Å². The largest absolute Gasteiger partial charge is 2.00 e. The van der Waals surface area contributed by atoms with Crippen LogP contribution in [0.25, 0.3) is 63.8 Å². The first-order valence-corrected chi connectivity index (χ1v) is 15.8. The SMILES string of the molecule is Oc1ccccc1-c1ccccc1-c1nc2ccccc2s1.Oc1ccccc1-c1ccccc1-c1nc2ccccc2s1.[Zn+2]. The molecule has 4 nitrogen and oxygen atoms in total. The summed E-state index contributed by atoms with van der Waals surface area (Å²) in [5, 5.41) is 22.3. The third-order valence-corrected chi connectivity index (χ3v) is 9.43. The Hall–Kier alpha value is -4.68. The Morgan fingerprint density at radius 1 is 0.356 bits per heavy atom. The summed E-state index contributed by atoms with van der Waals surface area (Å²) < 4.78 is 2.34. The fourth-order valence-electron chi connectivity index (χ4n) is 5.19. The topological polar surface area (TPSA) is 66.2 Å². The van der Waals surface area contributed by atoms with Gasteiger partial charge in [0.2, 0.25) is 0 Å². The molecule has 212 valence electrons. The maximum atomic E-state index is 10.2. The van der Waals surface area contributed by atoms with Crippen molar-refractivity contribution in [2.24, 2.45) is 0 Å². The maximum absolute atomic E-state index is 10.2. The monoisotopic (exact) mass is 670 g/mol. The Kier molecular flexibility index (Phi) is 9.13. The third kappa shape index (κ3) is 6.29. The molecule has 0 spiro atoms. The molecule has 0 unspecified atom stereocenters. The zero-order valence-electron chi connectivity index (χ0n) is 24.2. The summed E-state index contributed by atoms with van der Waals surface area (Å²) in [4.78, 5) is 9.47. The summed E-state index contributed by atoms with van der Waals surface area (Å²) in [6, 6.07) is 47.2. The Morgan fingerprint density at radius 2 is 0.667 bits per heavy atom. The van der Waals surface area contributed by atoms with E-state index in [2.05, 4.69) is 24.3 Å². The maximum Gasteiger partial charge on any atom is 2.00 e. The van der Waals surface area contributed by atoms with E-state index < -0.39 is 0 Å². The molecule has 2 aromatic heterocycles. The van der Waals surface area contributed by atoms with Gasteiger partial charge in [-0.3, -0.25) is 0 Å². The summed E-state index contributed by atoms with van der Waals surface area (Å²) >= 11 is 3.34. The molecule has 2 heterocycles. The van der Waals surface area contributed by atoms with Crippen molar-refractivity contribution in [2.45, 2.75) is 0 Å². The minimum atomic E-state index is 0. The summed E-state index contributed by atoms with van der Waals surface area (Å²) in [6.45, 7) is 0. The van der Waals surface area contributed by atoms with Crippen molar-refractivity contribution >= 4 is 43.1 Å². The first-order chi connectivity index (χ1) is 21.7. The smallest absolute Gasteiger partial charge is 0.507 e. The number of thiazole rings is 2. The Bertz CT molecular complexity index is 2020. The normalized spacial score (nSPS) is 10.7. The number of phenols is 2. The zero-order chi connectivity index (χ0) is 29.9. The van der Waals surface area contributed by atoms with E-state index in [9.17, 15) is 10.2 Å². The van der Waals surface area contributed by atoms with Crippen molar-refractivity contribution < 1.29 is 29.7 Å². The van der Waals surface area contributed by atoms with E-state index in [4.69, 9.17) is 9.97 Å². The number of hydrogen-bond acceptors (Lipinski definition) is 6. The molecule has 2 N–H and O–H groups in total. The molecule has 0 aliphatic heterocycles. The fraction of sp³-hybridized carbons (Fsp3) is 0. The number of aromatic hydroxyl groups is 2. The predicted octanol–water partition coefficient (Wildman–Crippen LogP) is 10.7. The van der Waals surface area contributed by atoms with Crippen molar-refractivity contribution in [1.82, 2.24) is 9.97 Å². The fourth-order valence-corrected chi connectivity index (χ4v) is 7.20. The predicted molar refractivity (Wildman–Crippen MR) is 184 cm³/mol. The van der Waals surface area contributed by atoms with Crippen molar-refractivity contribution in [3.05, 3.63) is 146 Å². The van der Waals surface area contributed by atoms with E-state index in [-0.39, 0.29) is 31.0 Å². The summed E-state index contributed by atoms with van der Waals surface area (Å²) in [7, 11) is 0. The summed E-state index contributed by atoms with van der Waals surface area (Å²) in [5.74, 6) is 0.576. The van der Waals surface area contributed by atoms with Crippen LogP contribution in [-0.4, -0.2) is 20.2 Å². The molecule has 0 aliphatic rings. The number of phenolic OH excluding ortho intramolecular Hbond substituents is 2. The van der Waals surface area contributed by atoms with Crippen molar-refractivity contribution in [2.75, 3.05) is 0 Å². The molecule has 0 fully saturated rings. The molecule has 8 aromatic rings. The zero-order valence-corrected chi connectivity index (χ0v) is 28.8. The first-order valence-electron chi connectivity index (χ1n) is 14.1. The van der Waals surface area contributed by atoms with Gasteiger partial charge in [-0.1, -0.05) is 109 Å². The number of aromatic nitrogens is 2. The van der Waals surface area contributed by atoms with Gasteiger partial charge in [0, 0.05) is 22.3 Å². The third-order valence-electron chi connectivity index (χ3n) is 7.29. The molecule has 0 radical (unpaired) electrons. The van der Waals surface area contributed by atoms with Crippen molar-refractivity contribution in [3.63, 3.8) is 0 Å². The van der Waals surface area contributed by atoms with Crippen LogP contribution in [0.4, 0.5) is 0 Å². The first kappa shape index (κ1) is 30.4. The van der Waals surface area contributed by atoms with Crippen LogP contribution in [0.15, 0.2) is 146 Å². The van der Waals surface area contributed by atoms with Gasteiger partial charge in [-0.25, -0.2) is 9.97 Å². The molecule has 0 aliphatic carbocycles. The molecule has 45 heavy (non-hydrogen) atoms. The second-order valence-corrected chi connectivity index (χ2v) is 12.2.